The second kappa shape index (κ2) is 6.40. The van der Waals surface area contributed by atoms with Crippen molar-refractivity contribution in [3.8, 4) is 0 Å². The summed E-state index contributed by atoms with van der Waals surface area (Å²) < 4.78 is 89.5. The zero-order valence-corrected chi connectivity index (χ0v) is 14.4. The standard InChI is InChI=1S/C13H15F4NO3S2/c1-8(18-22(19)12(2,3)4)9-6-5-7-10(11(9)14)23(20,21)13(15,16)17/h5-7H,1-4H3/b18-8+. The van der Waals surface area contributed by atoms with E-state index < -0.39 is 47.7 Å². The molecule has 1 unspecified atom stereocenters. The summed E-state index contributed by atoms with van der Waals surface area (Å²) in [6.45, 7) is 6.08. The van der Waals surface area contributed by atoms with E-state index in [9.17, 15) is 30.5 Å². The van der Waals surface area contributed by atoms with E-state index in [0.717, 1.165) is 12.1 Å². The van der Waals surface area contributed by atoms with Crippen LogP contribution in [0, 0.1) is 5.82 Å². The van der Waals surface area contributed by atoms with E-state index >= 15 is 0 Å². The molecule has 0 fully saturated rings. The Hall–Kier alpha value is -1.13. The first-order valence-corrected chi connectivity index (χ1v) is 8.86. The van der Waals surface area contributed by atoms with E-state index in [2.05, 4.69) is 4.40 Å². The second-order valence-corrected chi connectivity index (χ2v) is 9.42. The van der Waals surface area contributed by atoms with Crippen molar-refractivity contribution >= 4 is 26.9 Å². The lowest BCUT2D eigenvalue weighted by Gasteiger charge is -2.19. The first-order chi connectivity index (χ1) is 10.2. The highest BCUT2D eigenvalue weighted by atomic mass is 32.2. The van der Waals surface area contributed by atoms with Crippen molar-refractivity contribution in [2.75, 3.05) is 0 Å². The van der Waals surface area contributed by atoms with Crippen LogP contribution in [0.15, 0.2) is 27.5 Å². The number of hydrogen-bond donors (Lipinski definition) is 0. The fourth-order valence-electron chi connectivity index (χ4n) is 1.43. The number of hydrogen-bond acceptors (Lipinski definition) is 4. The summed E-state index contributed by atoms with van der Waals surface area (Å²) in [7, 11) is -5.83. The summed E-state index contributed by atoms with van der Waals surface area (Å²) in [5, 5.41) is 0. The third kappa shape index (κ3) is 4.24. The van der Waals surface area contributed by atoms with Gasteiger partial charge in [0, 0.05) is 5.56 Å². The highest BCUT2D eigenvalue weighted by Gasteiger charge is 2.48. The van der Waals surface area contributed by atoms with E-state index in [1.54, 1.807) is 20.8 Å². The molecule has 0 amide bonds. The van der Waals surface area contributed by atoms with Crippen molar-refractivity contribution in [2.24, 2.45) is 4.40 Å². The number of benzene rings is 1. The molecule has 1 aromatic carbocycles. The lowest BCUT2D eigenvalue weighted by molar-refractivity contribution is -0.0437. The van der Waals surface area contributed by atoms with Gasteiger partial charge in [-0.2, -0.15) is 13.2 Å². The van der Waals surface area contributed by atoms with Crippen LogP contribution in [0.25, 0.3) is 0 Å². The van der Waals surface area contributed by atoms with Gasteiger partial charge in [-0.05, 0) is 39.8 Å². The average Bonchev–Trinajstić information content (AvgIpc) is 2.35. The number of sulfone groups is 1. The monoisotopic (exact) mass is 373 g/mol. The van der Waals surface area contributed by atoms with Gasteiger partial charge in [-0.1, -0.05) is 10.5 Å². The summed E-state index contributed by atoms with van der Waals surface area (Å²) in [6.07, 6.45) is 0. The molecule has 0 N–H and O–H groups in total. The van der Waals surface area contributed by atoms with Crippen molar-refractivity contribution in [1.82, 2.24) is 0 Å². The van der Waals surface area contributed by atoms with Crippen molar-refractivity contribution < 1.29 is 30.5 Å². The second-order valence-electron chi connectivity index (χ2n) is 5.61. The Balaban J connectivity index is 3.45. The molecule has 10 heteroatoms. The Bertz CT molecular complexity index is 722. The molecule has 0 heterocycles. The van der Waals surface area contributed by atoms with Gasteiger partial charge in [-0.3, -0.25) is 0 Å². The van der Waals surface area contributed by atoms with Crippen LogP contribution in [-0.4, -0.2) is 28.9 Å². The van der Waals surface area contributed by atoms with Crippen molar-refractivity contribution in [1.29, 1.82) is 0 Å². The van der Waals surface area contributed by atoms with Gasteiger partial charge < -0.3 is 4.55 Å². The fourth-order valence-corrected chi connectivity index (χ4v) is 2.91. The van der Waals surface area contributed by atoms with Gasteiger partial charge in [0.15, 0.2) is 5.82 Å². The summed E-state index contributed by atoms with van der Waals surface area (Å²) in [6, 6.07) is 2.56. The molecule has 0 saturated carbocycles. The number of alkyl halides is 3. The molecule has 0 radical (unpaired) electrons. The maximum Gasteiger partial charge on any atom is 0.502 e. The van der Waals surface area contributed by atoms with Crippen LogP contribution in [-0.2, 0) is 21.2 Å². The molecule has 1 rings (SSSR count). The predicted octanol–water partition coefficient (Wildman–Crippen LogP) is 3.39. The summed E-state index contributed by atoms with van der Waals surface area (Å²) >= 11 is -1.77. The smallest absolute Gasteiger partial charge is 0.502 e. The molecule has 23 heavy (non-hydrogen) atoms. The Morgan fingerprint density at radius 2 is 1.74 bits per heavy atom. The molecule has 0 aromatic heterocycles. The van der Waals surface area contributed by atoms with Gasteiger partial charge in [0.2, 0.25) is 0 Å². The SMILES string of the molecule is C/C(=N\[S+]([O-])C(C)(C)C)c1cccc(S(=O)(=O)C(F)(F)F)c1F. The van der Waals surface area contributed by atoms with Crippen LogP contribution >= 0.6 is 0 Å². The molecule has 0 aliphatic rings. The Kier molecular flexibility index (Phi) is 5.55. The van der Waals surface area contributed by atoms with Crippen LogP contribution in [0.4, 0.5) is 17.6 Å². The van der Waals surface area contributed by atoms with Crippen molar-refractivity contribution in [3.05, 3.63) is 29.6 Å². The number of rotatable bonds is 3. The van der Waals surface area contributed by atoms with Gasteiger partial charge in [-0.15, -0.1) is 0 Å². The van der Waals surface area contributed by atoms with E-state index in [1.807, 2.05) is 0 Å². The maximum atomic E-state index is 14.2. The van der Waals surface area contributed by atoms with Gasteiger partial charge >= 0.3 is 5.51 Å². The number of halogens is 4. The molecule has 0 aliphatic carbocycles. The van der Waals surface area contributed by atoms with Crippen LogP contribution in [0.2, 0.25) is 0 Å². The third-order valence-electron chi connectivity index (χ3n) is 2.69. The molecular formula is C13H15F4NO3S2. The molecule has 0 spiro atoms. The number of nitrogens with zero attached hydrogens (tertiary/aromatic N) is 1. The zero-order chi connectivity index (χ0) is 18.2. The minimum Gasteiger partial charge on any atom is -0.591 e. The van der Waals surface area contributed by atoms with E-state index in [0.29, 0.717) is 6.07 Å². The van der Waals surface area contributed by atoms with Gasteiger partial charge in [-0.25, -0.2) is 12.8 Å². The normalized spacial score (nSPS) is 15.6. The Labute approximate surface area is 134 Å². The highest BCUT2D eigenvalue weighted by Crippen LogP contribution is 2.32. The molecule has 130 valence electrons. The maximum absolute atomic E-state index is 14.2. The topological polar surface area (TPSA) is 69.6 Å². The Morgan fingerprint density at radius 3 is 2.17 bits per heavy atom. The third-order valence-corrected chi connectivity index (χ3v) is 5.68. The average molecular weight is 373 g/mol. The fraction of sp³-hybridized carbons (Fsp3) is 0.462. The first kappa shape index (κ1) is 19.9. The van der Waals surface area contributed by atoms with Crippen molar-refractivity contribution in [2.45, 2.75) is 42.8 Å². The lowest BCUT2D eigenvalue weighted by atomic mass is 10.1. The van der Waals surface area contributed by atoms with Crippen LogP contribution in [0.1, 0.15) is 33.3 Å². The predicted molar refractivity (Wildman–Crippen MR) is 79.7 cm³/mol. The van der Waals surface area contributed by atoms with E-state index in [1.165, 1.54) is 6.92 Å². The molecule has 1 aromatic rings. The lowest BCUT2D eigenvalue weighted by Crippen LogP contribution is -2.27. The van der Waals surface area contributed by atoms with E-state index in [4.69, 9.17) is 0 Å². The quantitative estimate of drug-likeness (QED) is 0.463. The van der Waals surface area contributed by atoms with Gasteiger partial charge in [0.05, 0.1) is 5.71 Å². The van der Waals surface area contributed by atoms with Crippen LogP contribution in [0.3, 0.4) is 0 Å². The first-order valence-electron chi connectivity index (χ1n) is 6.27. The molecular weight excluding hydrogens is 358 g/mol. The summed E-state index contributed by atoms with van der Waals surface area (Å²) in [5.74, 6) is -1.57. The van der Waals surface area contributed by atoms with Crippen LogP contribution in [0.5, 0.6) is 0 Å². The molecule has 0 saturated heterocycles. The minimum absolute atomic E-state index is 0.157. The minimum atomic E-state index is -5.83. The molecule has 0 bridgehead atoms. The largest absolute Gasteiger partial charge is 0.591 e. The van der Waals surface area contributed by atoms with Crippen molar-refractivity contribution in [3.63, 3.8) is 0 Å². The molecule has 4 nitrogen and oxygen atoms in total. The van der Waals surface area contributed by atoms with Gasteiger partial charge in [0.1, 0.15) is 21.0 Å². The highest BCUT2D eigenvalue weighted by molar-refractivity contribution is 7.92. The summed E-state index contributed by atoms with van der Waals surface area (Å²) in [5.41, 5.74) is -6.23. The zero-order valence-electron chi connectivity index (χ0n) is 12.7. The Morgan fingerprint density at radius 1 is 1.22 bits per heavy atom. The van der Waals surface area contributed by atoms with E-state index in [-0.39, 0.29) is 5.71 Å². The van der Waals surface area contributed by atoms with Gasteiger partial charge in [0.25, 0.3) is 9.84 Å². The molecule has 1 atom stereocenters. The summed E-state index contributed by atoms with van der Waals surface area (Å²) in [4.78, 5) is -1.49. The van der Waals surface area contributed by atoms with Crippen LogP contribution < -0.4 is 0 Å². The molecule has 0 aliphatic heterocycles.